The molecule has 0 radical (unpaired) electrons. The van der Waals surface area contributed by atoms with Crippen molar-refractivity contribution in [1.82, 2.24) is 25.4 Å². The van der Waals surface area contributed by atoms with Crippen molar-refractivity contribution in [2.75, 3.05) is 13.7 Å². The molecule has 1 aromatic carbocycles. The van der Waals surface area contributed by atoms with Crippen molar-refractivity contribution in [3.8, 4) is 11.5 Å². The van der Waals surface area contributed by atoms with Gasteiger partial charge in [-0.2, -0.15) is 5.10 Å². The zero-order valence-corrected chi connectivity index (χ0v) is 13.6. The quantitative estimate of drug-likeness (QED) is 0.538. The Hall–Kier alpha value is -2.77. The molecule has 0 spiro atoms. The average molecular weight is 318 g/mol. The molecule has 0 aliphatic rings. The van der Waals surface area contributed by atoms with Gasteiger partial charge in [0, 0.05) is 19.2 Å². The minimum atomic E-state index is 0.114. The standard InChI is InChI=1S/C15H22N6O2/c1-4-16-15(18-9-13-19-10-20-21(13)2)17-8-11-6-5-7-12(23-3)14(11)22/h5-7,10,22H,4,8-9H2,1-3H3,(H2,16,17,18). The van der Waals surface area contributed by atoms with Gasteiger partial charge in [-0.3, -0.25) is 4.68 Å². The number of rotatable bonds is 6. The van der Waals surface area contributed by atoms with Crippen LogP contribution in [0.4, 0.5) is 0 Å². The van der Waals surface area contributed by atoms with E-state index in [4.69, 9.17) is 4.74 Å². The zero-order valence-electron chi connectivity index (χ0n) is 13.6. The smallest absolute Gasteiger partial charge is 0.191 e. The summed E-state index contributed by atoms with van der Waals surface area (Å²) in [6.45, 7) is 3.56. The number of aliphatic imine (C=N–C) groups is 1. The number of methoxy groups -OCH3 is 1. The van der Waals surface area contributed by atoms with Gasteiger partial charge in [-0.05, 0) is 13.0 Å². The van der Waals surface area contributed by atoms with E-state index in [1.54, 1.807) is 10.7 Å². The SMILES string of the molecule is CCNC(=NCc1cccc(OC)c1O)NCc1ncnn1C. The number of aromatic nitrogens is 3. The maximum absolute atomic E-state index is 10.1. The lowest BCUT2D eigenvalue weighted by Crippen LogP contribution is -2.37. The number of benzene rings is 1. The summed E-state index contributed by atoms with van der Waals surface area (Å²) in [5, 5.41) is 20.5. The molecule has 23 heavy (non-hydrogen) atoms. The Balaban J connectivity index is 2.05. The second-order valence-corrected chi connectivity index (χ2v) is 4.82. The van der Waals surface area contributed by atoms with Gasteiger partial charge in [0.15, 0.2) is 17.5 Å². The Morgan fingerprint density at radius 1 is 1.39 bits per heavy atom. The van der Waals surface area contributed by atoms with Gasteiger partial charge in [-0.25, -0.2) is 9.98 Å². The Labute approximate surface area is 135 Å². The number of hydrogen-bond acceptors (Lipinski definition) is 5. The summed E-state index contributed by atoms with van der Waals surface area (Å²) >= 11 is 0. The number of phenols is 1. The Morgan fingerprint density at radius 2 is 2.22 bits per heavy atom. The van der Waals surface area contributed by atoms with E-state index in [0.29, 0.717) is 30.4 Å². The predicted octanol–water partition coefficient (Wildman–Crippen LogP) is 0.785. The molecule has 8 heteroatoms. The van der Waals surface area contributed by atoms with Crippen molar-refractivity contribution in [2.24, 2.45) is 12.0 Å². The zero-order chi connectivity index (χ0) is 16.7. The van der Waals surface area contributed by atoms with Gasteiger partial charge in [0.2, 0.25) is 0 Å². The molecule has 0 saturated heterocycles. The van der Waals surface area contributed by atoms with Crippen molar-refractivity contribution >= 4 is 5.96 Å². The van der Waals surface area contributed by atoms with Gasteiger partial charge in [0.05, 0.1) is 20.2 Å². The Bertz CT molecular complexity index is 668. The van der Waals surface area contributed by atoms with Crippen molar-refractivity contribution in [3.05, 3.63) is 35.9 Å². The average Bonchev–Trinajstić information content (AvgIpc) is 2.96. The minimum Gasteiger partial charge on any atom is -0.504 e. The lowest BCUT2D eigenvalue weighted by atomic mass is 10.2. The van der Waals surface area contributed by atoms with E-state index in [-0.39, 0.29) is 5.75 Å². The predicted molar refractivity (Wildman–Crippen MR) is 87.3 cm³/mol. The molecule has 2 aromatic rings. The van der Waals surface area contributed by atoms with Crippen LogP contribution >= 0.6 is 0 Å². The molecule has 0 unspecified atom stereocenters. The van der Waals surface area contributed by atoms with Crippen LogP contribution < -0.4 is 15.4 Å². The lowest BCUT2D eigenvalue weighted by Gasteiger charge is -2.12. The highest BCUT2D eigenvalue weighted by Gasteiger charge is 2.07. The summed E-state index contributed by atoms with van der Waals surface area (Å²) in [6.07, 6.45) is 1.51. The van der Waals surface area contributed by atoms with E-state index in [2.05, 4.69) is 25.7 Å². The van der Waals surface area contributed by atoms with Crippen LogP contribution in [0.25, 0.3) is 0 Å². The molecule has 0 aliphatic heterocycles. The molecule has 0 aliphatic carbocycles. The highest BCUT2D eigenvalue weighted by Crippen LogP contribution is 2.29. The third-order valence-corrected chi connectivity index (χ3v) is 3.27. The highest BCUT2D eigenvalue weighted by atomic mass is 16.5. The van der Waals surface area contributed by atoms with Crippen LogP contribution in [-0.4, -0.2) is 39.5 Å². The summed E-state index contributed by atoms with van der Waals surface area (Å²) in [5.74, 6) is 2.00. The number of hydrogen-bond donors (Lipinski definition) is 3. The molecular weight excluding hydrogens is 296 g/mol. The molecule has 0 bridgehead atoms. The molecule has 0 fully saturated rings. The number of aromatic hydroxyl groups is 1. The highest BCUT2D eigenvalue weighted by molar-refractivity contribution is 5.79. The molecule has 2 rings (SSSR count). The number of phenolic OH excluding ortho intramolecular Hbond substituents is 1. The van der Waals surface area contributed by atoms with Gasteiger partial charge in [-0.15, -0.1) is 0 Å². The van der Waals surface area contributed by atoms with E-state index in [1.165, 1.54) is 13.4 Å². The molecule has 1 aromatic heterocycles. The Kier molecular flexibility index (Phi) is 5.79. The van der Waals surface area contributed by atoms with Gasteiger partial charge in [0.25, 0.3) is 0 Å². The maximum Gasteiger partial charge on any atom is 0.191 e. The fourth-order valence-corrected chi connectivity index (χ4v) is 2.01. The largest absolute Gasteiger partial charge is 0.504 e. The Morgan fingerprint density at radius 3 is 2.87 bits per heavy atom. The molecule has 8 nitrogen and oxygen atoms in total. The van der Waals surface area contributed by atoms with E-state index in [0.717, 1.165) is 12.4 Å². The first-order chi connectivity index (χ1) is 11.2. The second kappa shape index (κ2) is 8.02. The molecule has 0 saturated carbocycles. The monoisotopic (exact) mass is 318 g/mol. The van der Waals surface area contributed by atoms with Crippen LogP contribution in [0, 0.1) is 0 Å². The van der Waals surface area contributed by atoms with Crippen LogP contribution in [0.15, 0.2) is 29.5 Å². The number of para-hydroxylation sites is 1. The number of ether oxygens (including phenoxy) is 1. The van der Waals surface area contributed by atoms with E-state index >= 15 is 0 Å². The van der Waals surface area contributed by atoms with E-state index in [9.17, 15) is 5.11 Å². The fourth-order valence-electron chi connectivity index (χ4n) is 2.01. The second-order valence-electron chi connectivity index (χ2n) is 4.82. The molecule has 3 N–H and O–H groups in total. The molecule has 0 atom stereocenters. The third-order valence-electron chi connectivity index (χ3n) is 3.27. The first-order valence-corrected chi connectivity index (χ1v) is 7.35. The minimum absolute atomic E-state index is 0.114. The summed E-state index contributed by atoms with van der Waals surface area (Å²) < 4.78 is 6.80. The fraction of sp³-hybridized carbons (Fsp3) is 0.400. The molecular formula is C15H22N6O2. The summed E-state index contributed by atoms with van der Waals surface area (Å²) in [6, 6.07) is 5.34. The normalized spacial score (nSPS) is 11.3. The van der Waals surface area contributed by atoms with Crippen LogP contribution in [0.3, 0.4) is 0 Å². The summed E-state index contributed by atoms with van der Waals surface area (Å²) in [4.78, 5) is 8.62. The lowest BCUT2D eigenvalue weighted by molar-refractivity contribution is 0.370. The topological polar surface area (TPSA) is 96.6 Å². The molecule has 124 valence electrons. The van der Waals surface area contributed by atoms with Crippen molar-refractivity contribution in [2.45, 2.75) is 20.0 Å². The third kappa shape index (κ3) is 4.35. The van der Waals surface area contributed by atoms with Crippen molar-refractivity contribution < 1.29 is 9.84 Å². The number of nitrogens with zero attached hydrogens (tertiary/aromatic N) is 4. The van der Waals surface area contributed by atoms with Gasteiger partial charge < -0.3 is 20.5 Å². The van der Waals surface area contributed by atoms with Gasteiger partial charge >= 0.3 is 0 Å². The first kappa shape index (κ1) is 16.6. The summed E-state index contributed by atoms with van der Waals surface area (Å²) in [7, 11) is 3.36. The van der Waals surface area contributed by atoms with Crippen LogP contribution in [0.1, 0.15) is 18.3 Å². The van der Waals surface area contributed by atoms with Crippen LogP contribution in [-0.2, 0) is 20.1 Å². The van der Waals surface area contributed by atoms with Crippen LogP contribution in [0.2, 0.25) is 0 Å². The molecule has 1 heterocycles. The first-order valence-electron chi connectivity index (χ1n) is 7.35. The van der Waals surface area contributed by atoms with Crippen molar-refractivity contribution in [1.29, 1.82) is 0 Å². The number of guanidine groups is 1. The van der Waals surface area contributed by atoms with E-state index < -0.39 is 0 Å². The van der Waals surface area contributed by atoms with Gasteiger partial charge in [-0.1, -0.05) is 12.1 Å². The molecule has 0 amide bonds. The van der Waals surface area contributed by atoms with Gasteiger partial charge in [0.1, 0.15) is 12.2 Å². The number of aryl methyl sites for hydroxylation is 1. The van der Waals surface area contributed by atoms with Crippen LogP contribution in [0.5, 0.6) is 11.5 Å². The van der Waals surface area contributed by atoms with Crippen molar-refractivity contribution in [3.63, 3.8) is 0 Å². The van der Waals surface area contributed by atoms with E-state index in [1.807, 2.05) is 26.1 Å². The number of nitrogens with one attached hydrogen (secondary N) is 2. The summed E-state index contributed by atoms with van der Waals surface area (Å²) in [5.41, 5.74) is 0.695. The maximum atomic E-state index is 10.1.